The van der Waals surface area contributed by atoms with E-state index in [4.69, 9.17) is 5.73 Å². The number of nitrogens with two attached hydrogens (primary N) is 1. The summed E-state index contributed by atoms with van der Waals surface area (Å²) in [5, 5.41) is 4.79. The van der Waals surface area contributed by atoms with Crippen LogP contribution in [0.2, 0.25) is 0 Å². The lowest BCUT2D eigenvalue weighted by molar-refractivity contribution is 0.0747. The van der Waals surface area contributed by atoms with Gasteiger partial charge in [0.1, 0.15) is 9.88 Å². The quantitative estimate of drug-likeness (QED) is 0.779. The van der Waals surface area contributed by atoms with E-state index in [9.17, 15) is 9.59 Å². The highest BCUT2D eigenvalue weighted by atomic mass is 35.5. The molecule has 2 atom stereocenters. The zero-order valence-electron chi connectivity index (χ0n) is 16.7. The first-order chi connectivity index (χ1) is 12.2. The van der Waals surface area contributed by atoms with E-state index in [1.807, 2.05) is 25.7 Å². The number of rotatable bonds is 3. The van der Waals surface area contributed by atoms with Gasteiger partial charge in [-0.1, -0.05) is 0 Å². The van der Waals surface area contributed by atoms with Crippen molar-refractivity contribution in [2.45, 2.75) is 40.2 Å². The first-order valence-electron chi connectivity index (χ1n) is 8.77. The van der Waals surface area contributed by atoms with E-state index in [-0.39, 0.29) is 42.3 Å². The Bertz CT molecular complexity index is 927. The molecule has 0 spiro atoms. The molecule has 0 bridgehead atoms. The van der Waals surface area contributed by atoms with Gasteiger partial charge in [0, 0.05) is 19.6 Å². The van der Waals surface area contributed by atoms with Crippen LogP contribution in [-0.2, 0) is 7.05 Å². The largest absolute Gasteiger partial charge is 0.335 e. The number of hydrogen-bond acceptors (Lipinski definition) is 6. The zero-order chi connectivity index (χ0) is 19.2. The highest BCUT2D eigenvalue weighted by molar-refractivity contribution is 7.17. The Morgan fingerprint density at radius 3 is 2.46 bits per heavy atom. The Hall–Kier alpha value is -1.48. The van der Waals surface area contributed by atoms with Crippen LogP contribution < -0.4 is 11.3 Å². The monoisotopic (exact) mass is 447 g/mol. The number of carbonyl (C=O) groups excluding carboxylic acids is 1. The molecule has 2 aromatic heterocycles. The molecule has 10 heteroatoms. The number of aromatic nitrogens is 3. The van der Waals surface area contributed by atoms with Crippen molar-refractivity contribution in [1.29, 1.82) is 0 Å². The summed E-state index contributed by atoms with van der Waals surface area (Å²) >= 11 is 1.29. The van der Waals surface area contributed by atoms with E-state index in [0.717, 1.165) is 17.7 Å². The van der Waals surface area contributed by atoms with Crippen molar-refractivity contribution in [3.05, 3.63) is 32.2 Å². The number of hydrogen-bond donors (Lipinski definition) is 1. The third-order valence-electron chi connectivity index (χ3n) is 5.19. The van der Waals surface area contributed by atoms with Gasteiger partial charge in [-0.2, -0.15) is 5.10 Å². The van der Waals surface area contributed by atoms with Gasteiger partial charge in [0.25, 0.3) is 11.5 Å². The van der Waals surface area contributed by atoms with E-state index in [2.05, 4.69) is 17.0 Å². The number of likely N-dealkylation sites (tertiary alicyclic amines) is 1. The molecule has 0 radical (unpaired) electrons. The summed E-state index contributed by atoms with van der Waals surface area (Å²) in [6, 6.07) is 0.166. The average molecular weight is 448 g/mol. The molecule has 2 aromatic rings. The summed E-state index contributed by atoms with van der Waals surface area (Å²) in [6.45, 7) is 8.87. The average Bonchev–Trinajstić information content (AvgIpc) is 3.15. The molecule has 1 fully saturated rings. The summed E-state index contributed by atoms with van der Waals surface area (Å²) in [5.41, 5.74) is 8.36. The minimum Gasteiger partial charge on any atom is -0.335 e. The smallest absolute Gasteiger partial charge is 0.277 e. The van der Waals surface area contributed by atoms with E-state index in [0.29, 0.717) is 40.1 Å². The van der Waals surface area contributed by atoms with Gasteiger partial charge in [-0.15, -0.1) is 36.2 Å². The Morgan fingerprint density at radius 1 is 1.25 bits per heavy atom. The van der Waals surface area contributed by atoms with Crippen LogP contribution in [0.25, 0.3) is 10.6 Å². The molecule has 1 aliphatic rings. The van der Waals surface area contributed by atoms with Crippen molar-refractivity contribution in [3.63, 3.8) is 0 Å². The third kappa shape index (κ3) is 4.25. The second kappa shape index (κ2) is 9.35. The predicted molar refractivity (Wildman–Crippen MR) is 117 cm³/mol. The number of amides is 1. The van der Waals surface area contributed by atoms with Gasteiger partial charge in [0.05, 0.1) is 17.0 Å². The first kappa shape index (κ1) is 24.6. The molecule has 7 nitrogen and oxygen atoms in total. The van der Waals surface area contributed by atoms with Crippen LogP contribution in [0.15, 0.2) is 4.79 Å². The molecule has 156 valence electrons. The number of thiazole rings is 1. The molecule has 3 heterocycles. The summed E-state index contributed by atoms with van der Waals surface area (Å²) < 4.78 is 1.32. The molecule has 0 aromatic carbocycles. The maximum atomic E-state index is 13.0. The summed E-state index contributed by atoms with van der Waals surface area (Å²) in [7, 11) is 1.63. The molecule has 0 aliphatic carbocycles. The number of carbonyl (C=O) groups is 1. The van der Waals surface area contributed by atoms with Crippen molar-refractivity contribution >= 4 is 42.1 Å². The Morgan fingerprint density at radius 2 is 1.89 bits per heavy atom. The van der Waals surface area contributed by atoms with Gasteiger partial charge in [-0.05, 0) is 52.1 Å². The molecule has 1 aliphatic heterocycles. The van der Waals surface area contributed by atoms with Crippen molar-refractivity contribution < 1.29 is 4.79 Å². The van der Waals surface area contributed by atoms with E-state index < -0.39 is 0 Å². The number of aryl methyl sites for hydroxylation is 3. The SMILES string of the molecule is Cc1nc(-c2c(C)c(C)nn(C)c2=O)sc1C(=O)N1CC(CN)CC1C.Cl.Cl. The van der Waals surface area contributed by atoms with Crippen molar-refractivity contribution in [3.8, 4) is 10.6 Å². The molecular weight excluding hydrogens is 421 g/mol. The lowest BCUT2D eigenvalue weighted by Crippen LogP contribution is -2.34. The minimum atomic E-state index is -0.196. The van der Waals surface area contributed by atoms with E-state index >= 15 is 0 Å². The van der Waals surface area contributed by atoms with Gasteiger partial charge < -0.3 is 10.6 Å². The van der Waals surface area contributed by atoms with Crippen LogP contribution in [0, 0.1) is 26.7 Å². The second-order valence-electron chi connectivity index (χ2n) is 7.09. The number of nitrogens with zero attached hydrogens (tertiary/aromatic N) is 4. The topological polar surface area (TPSA) is 94.1 Å². The lowest BCUT2D eigenvalue weighted by Gasteiger charge is -2.20. The molecule has 2 unspecified atom stereocenters. The van der Waals surface area contributed by atoms with Crippen molar-refractivity contribution in [2.75, 3.05) is 13.1 Å². The van der Waals surface area contributed by atoms with E-state index in [1.54, 1.807) is 7.05 Å². The van der Waals surface area contributed by atoms with Crippen LogP contribution in [0.1, 0.15) is 40.0 Å². The van der Waals surface area contributed by atoms with Crippen LogP contribution >= 0.6 is 36.2 Å². The fraction of sp³-hybridized carbons (Fsp3) is 0.556. The fourth-order valence-corrected chi connectivity index (χ4v) is 4.65. The van der Waals surface area contributed by atoms with Crippen LogP contribution in [0.5, 0.6) is 0 Å². The highest BCUT2D eigenvalue weighted by Crippen LogP contribution is 2.32. The van der Waals surface area contributed by atoms with Crippen molar-refractivity contribution in [1.82, 2.24) is 19.7 Å². The maximum Gasteiger partial charge on any atom is 0.277 e. The Balaban J connectivity index is 0.00000196. The molecule has 2 N–H and O–H groups in total. The lowest BCUT2D eigenvalue weighted by atomic mass is 10.1. The highest BCUT2D eigenvalue weighted by Gasteiger charge is 2.34. The van der Waals surface area contributed by atoms with Gasteiger partial charge in [-0.25, -0.2) is 9.67 Å². The summed E-state index contributed by atoms with van der Waals surface area (Å²) in [6.07, 6.45) is 0.927. The Labute approximate surface area is 181 Å². The first-order valence-corrected chi connectivity index (χ1v) is 9.59. The Kier molecular flexibility index (Phi) is 8.20. The van der Waals surface area contributed by atoms with Crippen molar-refractivity contribution in [2.24, 2.45) is 18.7 Å². The zero-order valence-corrected chi connectivity index (χ0v) is 19.1. The number of halogens is 2. The van der Waals surface area contributed by atoms with Gasteiger partial charge in [0.2, 0.25) is 0 Å². The predicted octanol–water partition coefficient (Wildman–Crippen LogP) is 2.48. The second-order valence-corrected chi connectivity index (χ2v) is 8.09. The minimum absolute atomic E-state index is 0. The van der Waals surface area contributed by atoms with Crippen LogP contribution in [0.3, 0.4) is 0 Å². The maximum absolute atomic E-state index is 13.0. The molecule has 0 saturated carbocycles. The van der Waals surface area contributed by atoms with Crippen LogP contribution in [-0.4, -0.2) is 44.7 Å². The summed E-state index contributed by atoms with van der Waals surface area (Å²) in [5.74, 6) is 0.328. The fourth-order valence-electron chi connectivity index (χ4n) is 3.53. The molecule has 1 amide bonds. The molecule has 1 saturated heterocycles. The molecule has 28 heavy (non-hydrogen) atoms. The normalized spacial score (nSPS) is 18.6. The van der Waals surface area contributed by atoms with Gasteiger partial charge >= 0.3 is 0 Å². The standard InChI is InChI=1S/C18H25N5O2S.2ClH/c1-9-6-13(7-19)8-23(9)18(25)15-12(4)20-16(26-15)14-10(2)11(3)21-22(5)17(14)24;;/h9,13H,6-8,19H2,1-5H3;2*1H. The molecular formula is C18H27Cl2N5O2S. The van der Waals surface area contributed by atoms with Gasteiger partial charge in [-0.3, -0.25) is 9.59 Å². The third-order valence-corrected chi connectivity index (χ3v) is 6.35. The van der Waals surface area contributed by atoms with Crippen LogP contribution in [0.4, 0.5) is 0 Å². The van der Waals surface area contributed by atoms with Gasteiger partial charge in [0.15, 0.2) is 0 Å². The van der Waals surface area contributed by atoms with E-state index in [1.165, 1.54) is 16.0 Å². The summed E-state index contributed by atoms with van der Waals surface area (Å²) in [4.78, 5) is 32.7. The molecule has 3 rings (SSSR count).